The molecule has 0 aromatic heterocycles. The summed E-state index contributed by atoms with van der Waals surface area (Å²) in [5.74, 6) is 0. The van der Waals surface area contributed by atoms with Crippen LogP contribution in [0.2, 0.25) is 0 Å². The van der Waals surface area contributed by atoms with Crippen molar-refractivity contribution in [2.45, 2.75) is 26.7 Å². The highest BCUT2D eigenvalue weighted by atomic mass is 16.6. The summed E-state index contributed by atoms with van der Waals surface area (Å²) in [5.41, 5.74) is 5.33. The monoisotopic (exact) mass is 239 g/mol. The summed E-state index contributed by atoms with van der Waals surface area (Å²) in [6, 6.07) is 1.32. The number of nitro benzene ring substituents is 2. The van der Waals surface area contributed by atoms with Crippen LogP contribution in [-0.4, -0.2) is 9.85 Å². The summed E-state index contributed by atoms with van der Waals surface area (Å²) >= 11 is 0. The molecule has 0 spiro atoms. The van der Waals surface area contributed by atoms with E-state index in [2.05, 4.69) is 0 Å². The van der Waals surface area contributed by atoms with Crippen LogP contribution in [0.3, 0.4) is 0 Å². The van der Waals surface area contributed by atoms with E-state index in [1.165, 1.54) is 6.07 Å². The molecular formula is C10H13N3O4. The van der Waals surface area contributed by atoms with Gasteiger partial charge < -0.3 is 5.73 Å². The van der Waals surface area contributed by atoms with Crippen molar-refractivity contribution in [3.05, 3.63) is 37.4 Å². The van der Waals surface area contributed by atoms with E-state index >= 15 is 0 Å². The second kappa shape index (κ2) is 4.77. The first-order chi connectivity index (χ1) is 7.90. The lowest BCUT2D eigenvalue weighted by Crippen LogP contribution is -2.05. The predicted molar refractivity (Wildman–Crippen MR) is 62.9 cm³/mol. The molecule has 7 heteroatoms. The van der Waals surface area contributed by atoms with E-state index in [1.54, 1.807) is 6.92 Å². The Hall–Kier alpha value is -2.18. The summed E-state index contributed by atoms with van der Waals surface area (Å²) in [4.78, 5) is 20.3. The van der Waals surface area contributed by atoms with E-state index in [4.69, 9.17) is 5.73 Å². The summed E-state index contributed by atoms with van der Waals surface area (Å²) in [6.45, 7) is 3.46. The summed E-state index contributed by atoms with van der Waals surface area (Å²) in [7, 11) is 0. The first-order valence-electron chi connectivity index (χ1n) is 5.10. The highest BCUT2D eigenvalue weighted by Gasteiger charge is 2.27. The second-order valence-corrected chi connectivity index (χ2v) is 3.71. The van der Waals surface area contributed by atoms with E-state index in [0.29, 0.717) is 17.5 Å². The predicted octanol–water partition coefficient (Wildman–Crippen LogP) is 2.35. The Bertz CT molecular complexity index is 485. The lowest BCUT2D eigenvalue weighted by molar-refractivity contribution is -0.392. The van der Waals surface area contributed by atoms with Gasteiger partial charge in [0, 0.05) is 11.6 Å². The van der Waals surface area contributed by atoms with Crippen LogP contribution >= 0.6 is 0 Å². The number of nitrogen functional groups attached to an aromatic ring is 1. The fourth-order valence-electron chi connectivity index (χ4n) is 1.74. The van der Waals surface area contributed by atoms with Gasteiger partial charge in [0.2, 0.25) is 0 Å². The van der Waals surface area contributed by atoms with Crippen molar-refractivity contribution in [3.63, 3.8) is 0 Å². The summed E-state index contributed by atoms with van der Waals surface area (Å²) < 4.78 is 0. The van der Waals surface area contributed by atoms with Crippen molar-refractivity contribution < 1.29 is 9.85 Å². The van der Waals surface area contributed by atoms with Crippen molar-refractivity contribution in [1.29, 1.82) is 0 Å². The largest absolute Gasteiger partial charge is 0.387 e. The maximum absolute atomic E-state index is 10.9. The lowest BCUT2D eigenvalue weighted by Gasteiger charge is -2.07. The zero-order valence-corrected chi connectivity index (χ0v) is 9.60. The minimum absolute atomic E-state index is 0.359. The Morgan fingerprint density at radius 1 is 1.29 bits per heavy atom. The molecule has 0 amide bonds. The Morgan fingerprint density at radius 3 is 2.29 bits per heavy atom. The van der Waals surface area contributed by atoms with Crippen LogP contribution in [0.4, 0.5) is 17.1 Å². The van der Waals surface area contributed by atoms with Gasteiger partial charge in [0.05, 0.1) is 9.85 Å². The number of hydrogen-bond acceptors (Lipinski definition) is 5. The quantitative estimate of drug-likeness (QED) is 0.492. The number of benzene rings is 1. The number of hydrogen-bond donors (Lipinski definition) is 1. The maximum atomic E-state index is 10.9. The fourth-order valence-corrected chi connectivity index (χ4v) is 1.74. The standard InChI is InChI=1S/C10H13N3O4/c1-3-4-7-5-8(12(14)15)9(11)10(6(7)2)13(16)17/h5H,3-4,11H2,1-2H3. The molecule has 17 heavy (non-hydrogen) atoms. The first-order valence-corrected chi connectivity index (χ1v) is 5.10. The Morgan fingerprint density at radius 2 is 1.88 bits per heavy atom. The molecule has 0 radical (unpaired) electrons. The fraction of sp³-hybridized carbons (Fsp3) is 0.400. The molecule has 1 rings (SSSR count). The molecule has 0 saturated carbocycles. The molecule has 7 nitrogen and oxygen atoms in total. The molecule has 0 aliphatic rings. The Kier molecular flexibility index (Phi) is 3.62. The van der Waals surface area contributed by atoms with Crippen LogP contribution in [0, 0.1) is 27.2 Å². The van der Waals surface area contributed by atoms with Crippen molar-refractivity contribution >= 4 is 17.1 Å². The van der Waals surface area contributed by atoms with E-state index in [-0.39, 0.29) is 11.4 Å². The van der Waals surface area contributed by atoms with Crippen LogP contribution in [0.1, 0.15) is 24.5 Å². The van der Waals surface area contributed by atoms with Gasteiger partial charge in [-0.3, -0.25) is 20.2 Å². The number of nitrogens with two attached hydrogens (primary N) is 1. The molecule has 0 aliphatic carbocycles. The zero-order valence-electron chi connectivity index (χ0n) is 9.60. The molecule has 0 atom stereocenters. The van der Waals surface area contributed by atoms with Gasteiger partial charge in [-0.15, -0.1) is 0 Å². The minimum Gasteiger partial charge on any atom is -0.387 e. The van der Waals surface area contributed by atoms with Crippen LogP contribution in [0.25, 0.3) is 0 Å². The second-order valence-electron chi connectivity index (χ2n) is 3.71. The van der Waals surface area contributed by atoms with Crippen molar-refractivity contribution in [2.24, 2.45) is 0 Å². The van der Waals surface area contributed by atoms with E-state index < -0.39 is 15.5 Å². The molecule has 0 unspecified atom stereocenters. The van der Waals surface area contributed by atoms with Crippen LogP contribution < -0.4 is 5.73 Å². The van der Waals surface area contributed by atoms with Crippen molar-refractivity contribution in [3.8, 4) is 0 Å². The van der Waals surface area contributed by atoms with Gasteiger partial charge in [-0.1, -0.05) is 13.3 Å². The molecule has 0 saturated heterocycles. The van der Waals surface area contributed by atoms with E-state index in [9.17, 15) is 20.2 Å². The average molecular weight is 239 g/mol. The molecule has 1 aromatic carbocycles. The van der Waals surface area contributed by atoms with Gasteiger partial charge in [-0.2, -0.15) is 0 Å². The zero-order chi connectivity index (χ0) is 13.2. The molecule has 0 bridgehead atoms. The van der Waals surface area contributed by atoms with Crippen LogP contribution in [0.15, 0.2) is 6.07 Å². The number of rotatable bonds is 4. The van der Waals surface area contributed by atoms with Crippen molar-refractivity contribution in [1.82, 2.24) is 0 Å². The topological polar surface area (TPSA) is 112 Å². The number of anilines is 1. The third-order valence-corrected chi connectivity index (χ3v) is 2.58. The van der Waals surface area contributed by atoms with Crippen molar-refractivity contribution in [2.75, 3.05) is 5.73 Å². The summed E-state index contributed by atoms with van der Waals surface area (Å²) in [5, 5.41) is 21.6. The molecule has 92 valence electrons. The molecule has 0 fully saturated rings. The van der Waals surface area contributed by atoms with Gasteiger partial charge in [0.1, 0.15) is 0 Å². The SMILES string of the molecule is CCCc1cc([N+](=O)[O-])c(N)c([N+](=O)[O-])c1C. The first kappa shape index (κ1) is 12.9. The average Bonchev–Trinajstić information content (AvgIpc) is 2.21. The molecule has 0 aliphatic heterocycles. The van der Waals surface area contributed by atoms with Crippen LogP contribution in [0.5, 0.6) is 0 Å². The number of aryl methyl sites for hydroxylation is 1. The number of nitrogens with zero attached hydrogens (tertiary/aromatic N) is 2. The van der Waals surface area contributed by atoms with Gasteiger partial charge in [-0.25, -0.2) is 0 Å². The molecule has 0 heterocycles. The maximum Gasteiger partial charge on any atom is 0.302 e. The highest BCUT2D eigenvalue weighted by Crippen LogP contribution is 2.36. The van der Waals surface area contributed by atoms with Gasteiger partial charge >= 0.3 is 5.69 Å². The Balaban J connectivity index is 3.57. The number of nitro groups is 2. The normalized spacial score (nSPS) is 10.2. The van der Waals surface area contributed by atoms with E-state index in [1.807, 2.05) is 6.92 Å². The van der Waals surface area contributed by atoms with Gasteiger partial charge in [-0.05, 0) is 18.9 Å². The lowest BCUT2D eigenvalue weighted by atomic mass is 10.00. The van der Waals surface area contributed by atoms with Crippen LogP contribution in [-0.2, 0) is 6.42 Å². The third-order valence-electron chi connectivity index (χ3n) is 2.58. The summed E-state index contributed by atoms with van der Waals surface area (Å²) in [6.07, 6.45) is 1.30. The molecular weight excluding hydrogens is 226 g/mol. The van der Waals surface area contributed by atoms with E-state index in [0.717, 1.165) is 6.42 Å². The Labute approximate surface area is 97.5 Å². The molecule has 2 N–H and O–H groups in total. The third kappa shape index (κ3) is 2.32. The van der Waals surface area contributed by atoms with Gasteiger partial charge in [0.25, 0.3) is 5.69 Å². The smallest absolute Gasteiger partial charge is 0.302 e. The van der Waals surface area contributed by atoms with Gasteiger partial charge in [0.15, 0.2) is 5.69 Å². The highest BCUT2D eigenvalue weighted by molar-refractivity contribution is 5.75. The minimum atomic E-state index is -0.694. The molecule has 1 aromatic rings.